The van der Waals surface area contributed by atoms with Gasteiger partial charge in [-0.15, -0.1) is 0 Å². The van der Waals surface area contributed by atoms with Gasteiger partial charge in [0.05, 0.1) is 6.61 Å². The molecule has 92 valence electrons. The number of allylic oxidation sites excluding steroid dienone is 1. The fourth-order valence-electron chi connectivity index (χ4n) is 1.26. The highest BCUT2D eigenvalue weighted by Crippen LogP contribution is 2.11. The van der Waals surface area contributed by atoms with Crippen molar-refractivity contribution in [3.63, 3.8) is 0 Å². The van der Waals surface area contributed by atoms with Crippen molar-refractivity contribution in [2.45, 2.75) is 20.0 Å². The monoisotopic (exact) mass is 240 g/mol. The van der Waals surface area contributed by atoms with Crippen molar-refractivity contribution in [1.29, 1.82) is 0 Å². The smallest absolute Gasteiger partial charge is 0.191 e. The van der Waals surface area contributed by atoms with Gasteiger partial charge >= 0.3 is 0 Å². The summed E-state index contributed by atoms with van der Waals surface area (Å²) in [4.78, 5) is 11.8. The van der Waals surface area contributed by atoms with Crippen molar-refractivity contribution < 1.29 is 18.3 Å². The van der Waals surface area contributed by atoms with Gasteiger partial charge in [-0.3, -0.25) is 4.79 Å². The molecule has 0 fully saturated rings. The molecule has 0 saturated heterocycles. The standard InChI is InChI=1S/C13H14F2O2/c1-3-4-7-17-9(2)13(16)10-5-6-11(14)12(15)8-10/h3-6,8-9H,7H2,1-2H3. The lowest BCUT2D eigenvalue weighted by molar-refractivity contribution is 0.0565. The largest absolute Gasteiger partial charge is 0.366 e. The van der Waals surface area contributed by atoms with Crippen molar-refractivity contribution in [3.8, 4) is 0 Å². The van der Waals surface area contributed by atoms with Gasteiger partial charge in [0.25, 0.3) is 0 Å². The van der Waals surface area contributed by atoms with Crippen LogP contribution in [0.5, 0.6) is 0 Å². The van der Waals surface area contributed by atoms with E-state index in [1.807, 2.05) is 6.92 Å². The van der Waals surface area contributed by atoms with Crippen LogP contribution in [0.1, 0.15) is 24.2 Å². The van der Waals surface area contributed by atoms with Crippen LogP contribution in [0.15, 0.2) is 30.4 Å². The van der Waals surface area contributed by atoms with Gasteiger partial charge in [-0.25, -0.2) is 8.78 Å². The molecular formula is C13H14F2O2. The molecule has 1 atom stereocenters. The zero-order valence-electron chi connectivity index (χ0n) is 9.74. The van der Waals surface area contributed by atoms with Crippen molar-refractivity contribution in [1.82, 2.24) is 0 Å². The molecule has 1 aromatic rings. The summed E-state index contributed by atoms with van der Waals surface area (Å²) in [5, 5.41) is 0. The minimum Gasteiger partial charge on any atom is -0.366 e. The van der Waals surface area contributed by atoms with E-state index in [4.69, 9.17) is 4.74 Å². The Bertz CT molecular complexity index is 427. The van der Waals surface area contributed by atoms with Crippen molar-refractivity contribution in [2.75, 3.05) is 6.61 Å². The first-order chi connectivity index (χ1) is 8.06. The summed E-state index contributed by atoms with van der Waals surface area (Å²) in [6.07, 6.45) is 2.88. The average molecular weight is 240 g/mol. The summed E-state index contributed by atoms with van der Waals surface area (Å²) >= 11 is 0. The second-order valence-corrected chi connectivity index (χ2v) is 3.54. The highest BCUT2D eigenvalue weighted by atomic mass is 19.2. The van der Waals surface area contributed by atoms with Gasteiger partial charge in [-0.05, 0) is 32.0 Å². The van der Waals surface area contributed by atoms with Gasteiger partial charge in [0.2, 0.25) is 0 Å². The number of halogens is 2. The van der Waals surface area contributed by atoms with Crippen LogP contribution < -0.4 is 0 Å². The van der Waals surface area contributed by atoms with Gasteiger partial charge in [0.15, 0.2) is 17.4 Å². The number of carbonyl (C=O) groups excluding carboxylic acids is 1. The van der Waals surface area contributed by atoms with E-state index in [1.54, 1.807) is 19.1 Å². The van der Waals surface area contributed by atoms with E-state index in [0.717, 1.165) is 12.1 Å². The third-order valence-corrected chi connectivity index (χ3v) is 2.25. The molecule has 0 aliphatic carbocycles. The number of ketones is 1. The number of rotatable bonds is 5. The topological polar surface area (TPSA) is 26.3 Å². The highest BCUT2D eigenvalue weighted by Gasteiger charge is 2.16. The number of ether oxygens (including phenoxy) is 1. The summed E-state index contributed by atoms with van der Waals surface area (Å²) in [5.74, 6) is -2.37. The summed E-state index contributed by atoms with van der Waals surface area (Å²) in [7, 11) is 0. The third-order valence-electron chi connectivity index (χ3n) is 2.25. The molecule has 0 heterocycles. The maximum absolute atomic E-state index is 12.9. The first kappa shape index (κ1) is 13.5. The van der Waals surface area contributed by atoms with Crippen LogP contribution in [0.3, 0.4) is 0 Å². The molecule has 0 aromatic heterocycles. The SMILES string of the molecule is CC=CCOC(C)C(=O)c1ccc(F)c(F)c1. The maximum atomic E-state index is 12.9. The van der Waals surface area contributed by atoms with Crippen LogP contribution in [0, 0.1) is 11.6 Å². The number of carbonyl (C=O) groups is 1. The normalized spacial score (nSPS) is 12.9. The molecule has 2 nitrogen and oxygen atoms in total. The molecule has 1 rings (SSSR count). The van der Waals surface area contributed by atoms with Crippen LogP contribution in [0.25, 0.3) is 0 Å². The zero-order valence-corrected chi connectivity index (χ0v) is 9.74. The quantitative estimate of drug-likeness (QED) is 0.584. The van der Waals surface area contributed by atoms with Crippen molar-refractivity contribution in [3.05, 3.63) is 47.5 Å². The van der Waals surface area contributed by atoms with E-state index in [2.05, 4.69) is 0 Å². The predicted molar refractivity (Wildman–Crippen MR) is 60.9 cm³/mol. The number of Topliss-reactive ketones (excluding diaryl/α,β-unsaturated/α-hetero) is 1. The van der Waals surface area contributed by atoms with Crippen molar-refractivity contribution in [2.24, 2.45) is 0 Å². The zero-order chi connectivity index (χ0) is 12.8. The van der Waals surface area contributed by atoms with E-state index < -0.39 is 17.7 Å². The van der Waals surface area contributed by atoms with Gasteiger partial charge in [-0.2, -0.15) is 0 Å². The molecule has 0 N–H and O–H groups in total. The fraction of sp³-hybridized carbons (Fsp3) is 0.308. The lowest BCUT2D eigenvalue weighted by Crippen LogP contribution is -2.21. The Hall–Kier alpha value is -1.55. The predicted octanol–water partition coefficient (Wildman–Crippen LogP) is 3.13. The van der Waals surface area contributed by atoms with Crippen molar-refractivity contribution >= 4 is 5.78 Å². The molecule has 1 aromatic carbocycles. The maximum Gasteiger partial charge on any atom is 0.191 e. The molecule has 0 radical (unpaired) electrons. The molecule has 0 aliphatic heterocycles. The lowest BCUT2D eigenvalue weighted by Gasteiger charge is -2.10. The first-order valence-electron chi connectivity index (χ1n) is 5.28. The summed E-state index contributed by atoms with van der Waals surface area (Å²) in [6.45, 7) is 3.73. The molecule has 0 bridgehead atoms. The lowest BCUT2D eigenvalue weighted by atomic mass is 10.1. The molecule has 17 heavy (non-hydrogen) atoms. The average Bonchev–Trinajstić information content (AvgIpc) is 2.32. The Balaban J connectivity index is 2.71. The van der Waals surface area contributed by atoms with Crippen LogP contribution in [0.2, 0.25) is 0 Å². The van der Waals surface area contributed by atoms with E-state index in [1.165, 1.54) is 6.07 Å². The van der Waals surface area contributed by atoms with E-state index in [-0.39, 0.29) is 11.3 Å². The van der Waals surface area contributed by atoms with Crippen LogP contribution in [0.4, 0.5) is 8.78 Å². The summed E-state index contributed by atoms with van der Waals surface area (Å²) < 4.78 is 30.8. The molecule has 0 spiro atoms. The third kappa shape index (κ3) is 3.75. The number of hydrogen-bond acceptors (Lipinski definition) is 2. The molecule has 0 aliphatic rings. The minimum atomic E-state index is -1.03. The van der Waals surface area contributed by atoms with E-state index >= 15 is 0 Å². The molecule has 4 heteroatoms. The molecule has 0 amide bonds. The summed E-state index contributed by atoms with van der Waals surface area (Å²) in [6, 6.07) is 3.06. The molecular weight excluding hydrogens is 226 g/mol. The Morgan fingerprint density at radius 1 is 1.41 bits per heavy atom. The Kier molecular flexibility index (Phi) is 4.97. The van der Waals surface area contributed by atoms with E-state index in [9.17, 15) is 13.6 Å². The Labute approximate surface area is 98.9 Å². The first-order valence-corrected chi connectivity index (χ1v) is 5.28. The van der Waals surface area contributed by atoms with Crippen LogP contribution >= 0.6 is 0 Å². The van der Waals surface area contributed by atoms with Gasteiger partial charge < -0.3 is 4.74 Å². The Morgan fingerprint density at radius 2 is 2.12 bits per heavy atom. The number of benzene rings is 1. The molecule has 0 saturated carbocycles. The highest BCUT2D eigenvalue weighted by molar-refractivity contribution is 5.99. The van der Waals surface area contributed by atoms with E-state index in [0.29, 0.717) is 6.61 Å². The second-order valence-electron chi connectivity index (χ2n) is 3.54. The minimum absolute atomic E-state index is 0.108. The van der Waals surface area contributed by atoms with Gasteiger partial charge in [-0.1, -0.05) is 12.2 Å². The number of hydrogen-bond donors (Lipinski definition) is 0. The van der Waals surface area contributed by atoms with Crippen LogP contribution in [-0.2, 0) is 4.74 Å². The van der Waals surface area contributed by atoms with Crippen LogP contribution in [-0.4, -0.2) is 18.5 Å². The summed E-state index contributed by atoms with van der Waals surface area (Å²) in [5.41, 5.74) is 0.108. The van der Waals surface area contributed by atoms with Gasteiger partial charge in [0, 0.05) is 5.56 Å². The van der Waals surface area contributed by atoms with Gasteiger partial charge in [0.1, 0.15) is 6.10 Å². The fourth-order valence-corrected chi connectivity index (χ4v) is 1.26. The second kappa shape index (κ2) is 6.25. The Morgan fingerprint density at radius 3 is 2.71 bits per heavy atom. The molecule has 1 unspecified atom stereocenters.